The second kappa shape index (κ2) is 5.82. The van der Waals surface area contributed by atoms with Crippen molar-refractivity contribution in [3.63, 3.8) is 0 Å². The maximum atomic E-state index is 11.2. The van der Waals surface area contributed by atoms with E-state index in [1.807, 2.05) is 0 Å². The summed E-state index contributed by atoms with van der Waals surface area (Å²) >= 11 is 3.49. The van der Waals surface area contributed by atoms with Crippen LogP contribution in [0.2, 0.25) is 0 Å². The minimum Gasteiger partial charge on any atom is -0.478 e. The maximum Gasteiger partial charge on any atom is 0.337 e. The van der Waals surface area contributed by atoms with Crippen LogP contribution in [0.1, 0.15) is 36.5 Å². The number of carboxylic acids is 1. The van der Waals surface area contributed by atoms with Gasteiger partial charge in [0.25, 0.3) is 0 Å². The molecule has 1 aliphatic carbocycles. The van der Waals surface area contributed by atoms with Gasteiger partial charge in [-0.15, -0.1) is 0 Å². The van der Waals surface area contributed by atoms with Crippen LogP contribution in [0.4, 0.5) is 11.4 Å². The summed E-state index contributed by atoms with van der Waals surface area (Å²) in [6, 6.07) is 3.35. The number of benzene rings is 1. The molecule has 3 N–H and O–H groups in total. The molecule has 0 spiro atoms. The van der Waals surface area contributed by atoms with E-state index in [4.69, 9.17) is 10.8 Å². The molecule has 1 saturated carbocycles. The highest BCUT2D eigenvalue weighted by molar-refractivity contribution is 9.10. The summed E-state index contributed by atoms with van der Waals surface area (Å²) in [5.74, 6) is -0.247. The van der Waals surface area contributed by atoms with E-state index >= 15 is 0 Å². The van der Waals surface area contributed by atoms with Gasteiger partial charge in [0.1, 0.15) is 0 Å². The molecule has 0 atom stereocenters. The Kier molecular flexibility index (Phi) is 4.34. The third kappa shape index (κ3) is 3.03. The quantitative estimate of drug-likeness (QED) is 0.814. The molecule has 0 bridgehead atoms. The largest absolute Gasteiger partial charge is 0.478 e. The van der Waals surface area contributed by atoms with Gasteiger partial charge in [0.15, 0.2) is 0 Å². The van der Waals surface area contributed by atoms with Crippen LogP contribution < -0.4 is 10.6 Å². The molecule has 104 valence electrons. The first-order valence-corrected chi connectivity index (χ1v) is 7.39. The van der Waals surface area contributed by atoms with Crippen molar-refractivity contribution in [2.45, 2.75) is 26.2 Å². The molecule has 0 heterocycles. The summed E-state index contributed by atoms with van der Waals surface area (Å²) in [5.41, 5.74) is 7.13. The minimum absolute atomic E-state index is 0.172. The number of carbonyl (C=O) groups is 1. The fraction of sp³-hybridized carbons (Fsp3) is 0.500. The van der Waals surface area contributed by atoms with Gasteiger partial charge in [-0.3, -0.25) is 0 Å². The number of rotatable bonds is 5. The van der Waals surface area contributed by atoms with Crippen molar-refractivity contribution in [2.75, 3.05) is 23.7 Å². The van der Waals surface area contributed by atoms with Gasteiger partial charge in [0.05, 0.1) is 11.3 Å². The fourth-order valence-corrected chi connectivity index (χ4v) is 3.00. The molecule has 0 unspecified atom stereocenters. The second-order valence-corrected chi connectivity index (χ2v) is 5.89. The van der Waals surface area contributed by atoms with Crippen molar-refractivity contribution >= 4 is 33.3 Å². The first-order chi connectivity index (χ1) is 9.02. The van der Waals surface area contributed by atoms with Crippen molar-refractivity contribution in [2.24, 2.45) is 5.92 Å². The van der Waals surface area contributed by atoms with Crippen LogP contribution in [0.5, 0.6) is 0 Å². The minimum atomic E-state index is -0.981. The number of hydrogen-bond acceptors (Lipinski definition) is 3. The van der Waals surface area contributed by atoms with Crippen molar-refractivity contribution in [1.82, 2.24) is 0 Å². The van der Waals surface area contributed by atoms with Crippen LogP contribution in [0, 0.1) is 5.92 Å². The molecule has 5 heteroatoms. The monoisotopic (exact) mass is 326 g/mol. The number of anilines is 2. The van der Waals surface area contributed by atoms with E-state index in [1.54, 1.807) is 12.1 Å². The smallest absolute Gasteiger partial charge is 0.337 e. The predicted molar refractivity (Wildman–Crippen MR) is 80.7 cm³/mol. The highest BCUT2D eigenvalue weighted by atomic mass is 79.9. The van der Waals surface area contributed by atoms with Crippen molar-refractivity contribution in [1.29, 1.82) is 0 Å². The van der Waals surface area contributed by atoms with Gasteiger partial charge in [-0.1, -0.05) is 6.42 Å². The Bertz CT molecular complexity index is 487. The Hall–Kier alpha value is -1.23. The first-order valence-electron chi connectivity index (χ1n) is 6.60. The summed E-state index contributed by atoms with van der Waals surface area (Å²) in [4.78, 5) is 13.4. The zero-order valence-corrected chi connectivity index (χ0v) is 12.6. The van der Waals surface area contributed by atoms with E-state index in [-0.39, 0.29) is 5.56 Å². The van der Waals surface area contributed by atoms with E-state index in [0.717, 1.165) is 29.2 Å². The lowest BCUT2D eigenvalue weighted by Crippen LogP contribution is -2.32. The highest BCUT2D eigenvalue weighted by Crippen LogP contribution is 2.34. The zero-order valence-electron chi connectivity index (χ0n) is 11.0. The lowest BCUT2D eigenvalue weighted by Gasteiger charge is -2.33. The standard InChI is InChI=1S/C14H19BrN2O2/c1-2-17(8-9-4-3-5-9)13-6-10(14(18)19)12(16)7-11(13)15/h6-7,9H,2-5,8,16H2,1H3,(H,18,19). The lowest BCUT2D eigenvalue weighted by molar-refractivity contribution is 0.0698. The topological polar surface area (TPSA) is 66.6 Å². The van der Waals surface area contributed by atoms with E-state index in [0.29, 0.717) is 5.69 Å². The van der Waals surface area contributed by atoms with Crippen LogP contribution in [0.3, 0.4) is 0 Å². The Morgan fingerprint density at radius 3 is 2.68 bits per heavy atom. The molecule has 2 rings (SSSR count). The third-order valence-electron chi connectivity index (χ3n) is 3.78. The fourth-order valence-electron chi connectivity index (χ4n) is 2.39. The van der Waals surface area contributed by atoms with E-state index < -0.39 is 5.97 Å². The van der Waals surface area contributed by atoms with Gasteiger partial charge >= 0.3 is 5.97 Å². The number of nitrogens with two attached hydrogens (primary N) is 1. The Morgan fingerprint density at radius 2 is 2.21 bits per heavy atom. The predicted octanol–water partition coefficient (Wildman–Crippen LogP) is 3.36. The molecule has 1 aliphatic rings. The molecule has 1 aromatic rings. The summed E-state index contributed by atoms with van der Waals surface area (Å²) in [5, 5.41) is 9.16. The second-order valence-electron chi connectivity index (χ2n) is 5.03. The van der Waals surface area contributed by atoms with Crippen LogP contribution in [-0.2, 0) is 0 Å². The van der Waals surface area contributed by atoms with Gasteiger partial charge < -0.3 is 15.7 Å². The third-order valence-corrected chi connectivity index (χ3v) is 4.41. The molecular weight excluding hydrogens is 308 g/mol. The Balaban J connectivity index is 2.29. The lowest BCUT2D eigenvalue weighted by atomic mass is 9.85. The highest BCUT2D eigenvalue weighted by Gasteiger charge is 2.22. The number of aromatic carboxylic acids is 1. The van der Waals surface area contributed by atoms with Crippen molar-refractivity contribution in [3.05, 3.63) is 22.2 Å². The van der Waals surface area contributed by atoms with Gasteiger partial charge in [-0.2, -0.15) is 0 Å². The van der Waals surface area contributed by atoms with Crippen molar-refractivity contribution in [3.8, 4) is 0 Å². The summed E-state index contributed by atoms with van der Waals surface area (Å²) < 4.78 is 0.858. The number of hydrogen-bond donors (Lipinski definition) is 2. The summed E-state index contributed by atoms with van der Waals surface area (Å²) in [6.45, 7) is 3.93. The number of carboxylic acid groups (broad SMARTS) is 1. The van der Waals surface area contributed by atoms with E-state index in [2.05, 4.69) is 27.8 Å². The van der Waals surface area contributed by atoms with Crippen LogP contribution >= 0.6 is 15.9 Å². The SMILES string of the molecule is CCN(CC1CCC1)c1cc(C(=O)O)c(N)cc1Br. The number of halogens is 1. The number of nitrogen functional groups attached to an aromatic ring is 1. The maximum absolute atomic E-state index is 11.2. The molecule has 1 fully saturated rings. The van der Waals surface area contributed by atoms with Crippen LogP contribution in [0.15, 0.2) is 16.6 Å². The molecule has 1 aromatic carbocycles. The molecule has 0 saturated heterocycles. The molecular formula is C14H19BrN2O2. The van der Waals surface area contributed by atoms with Crippen molar-refractivity contribution < 1.29 is 9.90 Å². The van der Waals surface area contributed by atoms with E-state index in [1.165, 1.54) is 19.3 Å². The Labute approximate surface area is 121 Å². The summed E-state index contributed by atoms with van der Waals surface area (Å²) in [6.07, 6.45) is 3.86. The average Bonchev–Trinajstić information content (AvgIpc) is 2.29. The van der Waals surface area contributed by atoms with Gasteiger partial charge in [-0.25, -0.2) is 4.79 Å². The molecule has 4 nitrogen and oxygen atoms in total. The molecule has 0 aromatic heterocycles. The first kappa shape index (κ1) is 14.2. The van der Waals surface area contributed by atoms with Gasteiger partial charge in [0, 0.05) is 23.2 Å². The molecule has 0 aliphatic heterocycles. The zero-order chi connectivity index (χ0) is 14.0. The van der Waals surface area contributed by atoms with Crippen LogP contribution in [-0.4, -0.2) is 24.2 Å². The van der Waals surface area contributed by atoms with Gasteiger partial charge in [-0.05, 0) is 53.7 Å². The molecule has 0 radical (unpaired) electrons. The van der Waals surface area contributed by atoms with Gasteiger partial charge in [0.2, 0.25) is 0 Å². The van der Waals surface area contributed by atoms with Crippen LogP contribution in [0.25, 0.3) is 0 Å². The number of nitrogens with zero attached hydrogens (tertiary/aromatic N) is 1. The normalized spacial score (nSPS) is 15.1. The summed E-state index contributed by atoms with van der Waals surface area (Å²) in [7, 11) is 0. The Morgan fingerprint density at radius 1 is 1.53 bits per heavy atom. The average molecular weight is 327 g/mol. The molecule has 19 heavy (non-hydrogen) atoms. The molecule has 0 amide bonds. The van der Waals surface area contributed by atoms with E-state index in [9.17, 15) is 4.79 Å².